The standard InChI is InChI=1S/C9H11N3/c1-6-4-9-8(5-10-6)7(2)12(3)11-9/h4-5H,1-3H3. The fourth-order valence-corrected chi connectivity index (χ4v) is 1.32. The molecular weight excluding hydrogens is 150 g/mol. The highest BCUT2D eigenvalue weighted by atomic mass is 15.3. The second-order valence-electron chi connectivity index (χ2n) is 3.05. The van der Waals surface area contributed by atoms with Crippen LogP contribution in [-0.4, -0.2) is 14.8 Å². The smallest absolute Gasteiger partial charge is 0.0959 e. The lowest BCUT2D eigenvalue weighted by molar-refractivity contribution is 0.751. The summed E-state index contributed by atoms with van der Waals surface area (Å²) < 4.78 is 1.88. The molecule has 2 aromatic rings. The predicted molar refractivity (Wildman–Crippen MR) is 48.0 cm³/mol. The van der Waals surface area contributed by atoms with Gasteiger partial charge in [0, 0.05) is 30.0 Å². The maximum absolute atomic E-state index is 4.35. The highest BCUT2D eigenvalue weighted by molar-refractivity contribution is 5.80. The van der Waals surface area contributed by atoms with E-state index in [1.165, 1.54) is 0 Å². The Morgan fingerprint density at radius 3 is 2.83 bits per heavy atom. The third-order valence-electron chi connectivity index (χ3n) is 2.15. The first-order valence-electron chi connectivity index (χ1n) is 3.94. The Morgan fingerprint density at radius 2 is 2.08 bits per heavy atom. The molecule has 0 spiro atoms. The minimum atomic E-state index is 1.01. The van der Waals surface area contributed by atoms with Crippen molar-refractivity contribution in [3.63, 3.8) is 0 Å². The molecule has 0 aliphatic heterocycles. The zero-order valence-electron chi connectivity index (χ0n) is 7.50. The van der Waals surface area contributed by atoms with Gasteiger partial charge in [-0.1, -0.05) is 0 Å². The molecule has 0 amide bonds. The normalized spacial score (nSPS) is 10.9. The maximum atomic E-state index is 4.35. The van der Waals surface area contributed by atoms with Crippen LogP contribution in [0.2, 0.25) is 0 Å². The maximum Gasteiger partial charge on any atom is 0.0959 e. The fraction of sp³-hybridized carbons (Fsp3) is 0.333. The second kappa shape index (κ2) is 2.30. The molecule has 0 bridgehead atoms. The predicted octanol–water partition coefficient (Wildman–Crippen LogP) is 1.59. The Kier molecular flexibility index (Phi) is 1.40. The van der Waals surface area contributed by atoms with Crippen LogP contribution in [0, 0.1) is 13.8 Å². The second-order valence-corrected chi connectivity index (χ2v) is 3.05. The van der Waals surface area contributed by atoms with Crippen LogP contribution in [-0.2, 0) is 7.05 Å². The van der Waals surface area contributed by atoms with E-state index in [1.807, 2.05) is 37.8 Å². The molecule has 2 heterocycles. The summed E-state index contributed by atoms with van der Waals surface area (Å²) in [5.41, 5.74) is 3.21. The van der Waals surface area contributed by atoms with Crippen molar-refractivity contribution in [3.05, 3.63) is 23.7 Å². The topological polar surface area (TPSA) is 30.7 Å². The van der Waals surface area contributed by atoms with Crippen LogP contribution in [0.25, 0.3) is 10.9 Å². The van der Waals surface area contributed by atoms with Gasteiger partial charge in [-0.05, 0) is 19.9 Å². The molecule has 0 aliphatic rings. The molecule has 2 rings (SSSR count). The van der Waals surface area contributed by atoms with E-state index in [1.54, 1.807) is 0 Å². The van der Waals surface area contributed by atoms with Gasteiger partial charge in [0.15, 0.2) is 0 Å². The Labute approximate surface area is 71.0 Å². The average Bonchev–Trinajstić information content (AvgIpc) is 2.28. The van der Waals surface area contributed by atoms with E-state index in [0.29, 0.717) is 0 Å². The number of rotatable bonds is 0. The molecule has 12 heavy (non-hydrogen) atoms. The van der Waals surface area contributed by atoms with E-state index in [2.05, 4.69) is 10.1 Å². The van der Waals surface area contributed by atoms with Crippen LogP contribution in [0.1, 0.15) is 11.4 Å². The molecular formula is C9H11N3. The van der Waals surface area contributed by atoms with Crippen LogP contribution in [0.5, 0.6) is 0 Å². The summed E-state index contributed by atoms with van der Waals surface area (Å²) in [5, 5.41) is 5.49. The number of aromatic nitrogens is 3. The third-order valence-corrected chi connectivity index (χ3v) is 2.15. The van der Waals surface area contributed by atoms with E-state index in [9.17, 15) is 0 Å². The summed E-state index contributed by atoms with van der Waals surface area (Å²) in [6, 6.07) is 2.00. The molecule has 3 heteroatoms. The first-order valence-corrected chi connectivity index (χ1v) is 3.94. The number of pyridine rings is 1. The van der Waals surface area contributed by atoms with E-state index >= 15 is 0 Å². The fourth-order valence-electron chi connectivity index (χ4n) is 1.32. The molecule has 3 nitrogen and oxygen atoms in total. The summed E-state index contributed by atoms with van der Waals surface area (Å²) in [7, 11) is 1.95. The van der Waals surface area contributed by atoms with Crippen molar-refractivity contribution in [1.29, 1.82) is 0 Å². The van der Waals surface area contributed by atoms with Crippen molar-refractivity contribution in [3.8, 4) is 0 Å². The molecule has 0 saturated carbocycles. The largest absolute Gasteiger partial charge is 0.272 e. The van der Waals surface area contributed by atoms with E-state index < -0.39 is 0 Å². The molecule has 0 fully saturated rings. The number of hydrogen-bond donors (Lipinski definition) is 0. The summed E-state index contributed by atoms with van der Waals surface area (Å²) in [5.74, 6) is 0. The van der Waals surface area contributed by atoms with Gasteiger partial charge in [-0.25, -0.2) is 0 Å². The highest BCUT2D eigenvalue weighted by Gasteiger charge is 2.03. The van der Waals surface area contributed by atoms with Crippen molar-refractivity contribution >= 4 is 10.9 Å². The number of aryl methyl sites for hydroxylation is 3. The summed E-state index contributed by atoms with van der Waals surface area (Å²) in [4.78, 5) is 4.23. The van der Waals surface area contributed by atoms with Gasteiger partial charge in [-0.15, -0.1) is 0 Å². The van der Waals surface area contributed by atoms with Gasteiger partial charge in [-0.2, -0.15) is 5.10 Å². The molecule has 0 aliphatic carbocycles. The lowest BCUT2D eigenvalue weighted by Gasteiger charge is -1.91. The van der Waals surface area contributed by atoms with E-state index in [0.717, 1.165) is 22.3 Å². The minimum Gasteiger partial charge on any atom is -0.272 e. The first-order chi connectivity index (χ1) is 5.68. The molecule has 0 atom stereocenters. The number of fused-ring (bicyclic) bond motifs is 1. The molecule has 0 unspecified atom stereocenters. The lowest BCUT2D eigenvalue weighted by Crippen LogP contribution is -1.91. The highest BCUT2D eigenvalue weighted by Crippen LogP contribution is 2.15. The lowest BCUT2D eigenvalue weighted by atomic mass is 10.2. The number of nitrogens with zero attached hydrogens (tertiary/aromatic N) is 3. The summed E-state index contributed by atoms with van der Waals surface area (Å²) in [6.07, 6.45) is 1.88. The van der Waals surface area contributed by atoms with Crippen LogP contribution >= 0.6 is 0 Å². The van der Waals surface area contributed by atoms with Crippen molar-refractivity contribution in [2.75, 3.05) is 0 Å². The van der Waals surface area contributed by atoms with Crippen molar-refractivity contribution in [2.24, 2.45) is 7.05 Å². The molecule has 0 aromatic carbocycles. The summed E-state index contributed by atoms with van der Waals surface area (Å²) >= 11 is 0. The van der Waals surface area contributed by atoms with Crippen molar-refractivity contribution in [1.82, 2.24) is 14.8 Å². The molecule has 2 aromatic heterocycles. The molecule has 0 radical (unpaired) electrons. The van der Waals surface area contributed by atoms with Gasteiger partial charge < -0.3 is 0 Å². The zero-order valence-corrected chi connectivity index (χ0v) is 7.50. The van der Waals surface area contributed by atoms with Crippen LogP contribution in [0.3, 0.4) is 0 Å². The van der Waals surface area contributed by atoms with E-state index in [-0.39, 0.29) is 0 Å². The van der Waals surface area contributed by atoms with Gasteiger partial charge >= 0.3 is 0 Å². The molecule has 0 N–H and O–H groups in total. The average molecular weight is 161 g/mol. The van der Waals surface area contributed by atoms with Gasteiger partial charge in [0.1, 0.15) is 0 Å². The van der Waals surface area contributed by atoms with Gasteiger partial charge in [0.2, 0.25) is 0 Å². The summed E-state index contributed by atoms with van der Waals surface area (Å²) in [6.45, 7) is 4.02. The number of hydrogen-bond acceptors (Lipinski definition) is 2. The SMILES string of the molecule is Cc1cc2nn(C)c(C)c2cn1. The van der Waals surface area contributed by atoms with Crippen LogP contribution in [0.4, 0.5) is 0 Å². The van der Waals surface area contributed by atoms with Crippen LogP contribution < -0.4 is 0 Å². The third kappa shape index (κ3) is 0.897. The Balaban J connectivity index is 2.87. The minimum absolute atomic E-state index is 1.01. The Hall–Kier alpha value is -1.38. The quantitative estimate of drug-likeness (QED) is 0.587. The van der Waals surface area contributed by atoms with Crippen molar-refractivity contribution in [2.45, 2.75) is 13.8 Å². The van der Waals surface area contributed by atoms with Gasteiger partial charge in [0.05, 0.1) is 5.52 Å². The van der Waals surface area contributed by atoms with E-state index in [4.69, 9.17) is 0 Å². The first kappa shape index (κ1) is 7.28. The Bertz CT molecular complexity index is 429. The van der Waals surface area contributed by atoms with Gasteiger partial charge in [-0.3, -0.25) is 9.67 Å². The monoisotopic (exact) mass is 161 g/mol. The Morgan fingerprint density at radius 1 is 1.33 bits per heavy atom. The molecule has 62 valence electrons. The van der Waals surface area contributed by atoms with Crippen molar-refractivity contribution < 1.29 is 0 Å². The van der Waals surface area contributed by atoms with Gasteiger partial charge in [0.25, 0.3) is 0 Å². The van der Waals surface area contributed by atoms with Crippen LogP contribution in [0.15, 0.2) is 12.3 Å². The zero-order chi connectivity index (χ0) is 8.72. The molecule has 0 saturated heterocycles.